The van der Waals surface area contributed by atoms with E-state index in [4.69, 9.17) is 0 Å². The molecule has 0 bridgehead atoms. The molecule has 2 N–H and O–H groups in total. The Morgan fingerprint density at radius 1 is 0.957 bits per heavy atom. The highest BCUT2D eigenvalue weighted by molar-refractivity contribution is 5.73. The van der Waals surface area contributed by atoms with Crippen LogP contribution >= 0.6 is 0 Å². The SMILES string of the molecule is FC(F)(F)c1ccccc1-c1ccc2c(c1)[C@@H]1CNC[C@@H]1CN2. The van der Waals surface area contributed by atoms with Crippen molar-refractivity contribution in [3.8, 4) is 11.1 Å². The Morgan fingerprint density at radius 2 is 1.78 bits per heavy atom. The number of hydrogen-bond acceptors (Lipinski definition) is 2. The van der Waals surface area contributed by atoms with Gasteiger partial charge in [-0.05, 0) is 40.8 Å². The number of benzene rings is 2. The minimum Gasteiger partial charge on any atom is -0.384 e. The van der Waals surface area contributed by atoms with E-state index in [1.165, 1.54) is 6.07 Å². The van der Waals surface area contributed by atoms with E-state index in [1.807, 2.05) is 12.1 Å². The van der Waals surface area contributed by atoms with Crippen molar-refractivity contribution in [2.75, 3.05) is 25.0 Å². The quantitative estimate of drug-likeness (QED) is 0.827. The molecule has 2 aromatic rings. The van der Waals surface area contributed by atoms with Crippen LogP contribution in [0.4, 0.5) is 18.9 Å². The van der Waals surface area contributed by atoms with Gasteiger partial charge in [0.05, 0.1) is 5.56 Å². The lowest BCUT2D eigenvalue weighted by atomic mass is 9.83. The maximum absolute atomic E-state index is 13.3. The van der Waals surface area contributed by atoms with Gasteiger partial charge in [0.15, 0.2) is 0 Å². The van der Waals surface area contributed by atoms with E-state index < -0.39 is 11.7 Å². The van der Waals surface area contributed by atoms with Gasteiger partial charge in [-0.25, -0.2) is 0 Å². The van der Waals surface area contributed by atoms with Crippen LogP contribution in [0.15, 0.2) is 42.5 Å². The van der Waals surface area contributed by atoms with Gasteiger partial charge in [0.25, 0.3) is 0 Å². The molecule has 0 aromatic heterocycles. The van der Waals surface area contributed by atoms with E-state index >= 15 is 0 Å². The first-order chi connectivity index (χ1) is 11.0. The maximum Gasteiger partial charge on any atom is 0.417 e. The van der Waals surface area contributed by atoms with Crippen LogP contribution in [0.3, 0.4) is 0 Å². The van der Waals surface area contributed by atoms with Crippen molar-refractivity contribution >= 4 is 5.69 Å². The second kappa shape index (κ2) is 5.27. The van der Waals surface area contributed by atoms with Gasteiger partial charge in [-0.2, -0.15) is 13.2 Å². The van der Waals surface area contributed by atoms with Crippen molar-refractivity contribution in [1.29, 1.82) is 0 Å². The second-order valence-electron chi connectivity index (χ2n) is 6.25. The normalized spacial score (nSPS) is 23.1. The zero-order chi connectivity index (χ0) is 16.0. The molecule has 23 heavy (non-hydrogen) atoms. The smallest absolute Gasteiger partial charge is 0.384 e. The molecule has 2 heterocycles. The number of fused-ring (bicyclic) bond motifs is 3. The molecule has 0 amide bonds. The fourth-order valence-corrected chi connectivity index (χ4v) is 3.73. The summed E-state index contributed by atoms with van der Waals surface area (Å²) in [7, 11) is 0. The van der Waals surface area contributed by atoms with Gasteiger partial charge in [-0.15, -0.1) is 0 Å². The molecular formula is C18H17F3N2. The van der Waals surface area contributed by atoms with Crippen molar-refractivity contribution in [2.24, 2.45) is 5.92 Å². The van der Waals surface area contributed by atoms with Crippen LogP contribution < -0.4 is 10.6 Å². The van der Waals surface area contributed by atoms with Gasteiger partial charge in [0.1, 0.15) is 0 Å². The number of nitrogens with one attached hydrogen (secondary N) is 2. The van der Waals surface area contributed by atoms with E-state index in [2.05, 4.69) is 10.6 Å². The van der Waals surface area contributed by atoms with Gasteiger partial charge in [-0.3, -0.25) is 0 Å². The van der Waals surface area contributed by atoms with Gasteiger partial charge in [0.2, 0.25) is 0 Å². The predicted molar refractivity (Wildman–Crippen MR) is 84.5 cm³/mol. The summed E-state index contributed by atoms with van der Waals surface area (Å²) in [5.74, 6) is 0.889. The third-order valence-corrected chi connectivity index (χ3v) is 4.89. The molecule has 2 nitrogen and oxygen atoms in total. The van der Waals surface area contributed by atoms with Gasteiger partial charge in [0, 0.05) is 31.2 Å². The van der Waals surface area contributed by atoms with E-state index in [9.17, 15) is 13.2 Å². The summed E-state index contributed by atoms with van der Waals surface area (Å²) in [5, 5.41) is 6.78. The first-order valence-corrected chi connectivity index (χ1v) is 7.79. The summed E-state index contributed by atoms with van der Waals surface area (Å²) in [6.45, 7) is 2.77. The summed E-state index contributed by atoms with van der Waals surface area (Å²) in [6.07, 6.45) is -4.35. The topological polar surface area (TPSA) is 24.1 Å². The number of rotatable bonds is 1. The van der Waals surface area contributed by atoms with E-state index in [0.717, 1.165) is 37.0 Å². The Kier molecular flexibility index (Phi) is 3.34. The molecule has 0 saturated carbocycles. The molecule has 2 aliphatic rings. The lowest BCUT2D eigenvalue weighted by Gasteiger charge is -2.29. The molecule has 0 unspecified atom stereocenters. The van der Waals surface area contributed by atoms with E-state index in [0.29, 0.717) is 17.4 Å². The minimum atomic E-state index is -4.35. The van der Waals surface area contributed by atoms with Crippen LogP contribution in [-0.2, 0) is 6.18 Å². The van der Waals surface area contributed by atoms with E-state index in [-0.39, 0.29) is 5.56 Å². The lowest BCUT2D eigenvalue weighted by molar-refractivity contribution is -0.137. The standard InChI is InChI=1S/C18H17F3N2/c19-18(20,21)16-4-2-1-3-13(16)11-5-6-17-14(7-11)15-10-22-8-12(15)9-23-17/h1-7,12,15,22-23H,8-10H2/t12-,15-/m1/s1. The molecule has 2 aliphatic heterocycles. The Bertz CT molecular complexity index is 739. The summed E-state index contributed by atoms with van der Waals surface area (Å²) in [6, 6.07) is 11.4. The molecule has 1 saturated heterocycles. The molecule has 2 aromatic carbocycles. The van der Waals surface area contributed by atoms with Crippen molar-refractivity contribution < 1.29 is 13.2 Å². The molecule has 2 atom stereocenters. The largest absolute Gasteiger partial charge is 0.417 e. The minimum absolute atomic E-state index is 0.246. The second-order valence-corrected chi connectivity index (χ2v) is 6.25. The molecule has 120 valence electrons. The highest BCUT2D eigenvalue weighted by Crippen LogP contribution is 2.42. The monoisotopic (exact) mass is 318 g/mol. The average molecular weight is 318 g/mol. The molecule has 5 heteroatoms. The van der Waals surface area contributed by atoms with Crippen molar-refractivity contribution in [3.05, 3.63) is 53.6 Å². The number of alkyl halides is 3. The Hall–Kier alpha value is -2.01. The zero-order valence-electron chi connectivity index (χ0n) is 12.5. The molecule has 0 spiro atoms. The van der Waals surface area contributed by atoms with Crippen molar-refractivity contribution in [2.45, 2.75) is 12.1 Å². The van der Waals surface area contributed by atoms with Crippen LogP contribution in [0, 0.1) is 5.92 Å². The predicted octanol–water partition coefficient (Wildman–Crippen LogP) is 4.10. The fraction of sp³-hybridized carbons (Fsp3) is 0.333. The summed E-state index contributed by atoms with van der Waals surface area (Å²) < 4.78 is 39.8. The van der Waals surface area contributed by atoms with Gasteiger partial charge in [-0.1, -0.05) is 24.3 Å². The maximum atomic E-state index is 13.3. The van der Waals surface area contributed by atoms with Gasteiger partial charge < -0.3 is 10.6 Å². The van der Waals surface area contributed by atoms with Crippen molar-refractivity contribution in [1.82, 2.24) is 5.32 Å². The zero-order valence-corrected chi connectivity index (χ0v) is 12.5. The third kappa shape index (κ3) is 2.49. The number of halogens is 3. The Labute approximate surface area is 132 Å². The lowest BCUT2D eigenvalue weighted by Crippen LogP contribution is -2.26. The van der Waals surface area contributed by atoms with Crippen LogP contribution in [0.5, 0.6) is 0 Å². The highest BCUT2D eigenvalue weighted by Gasteiger charge is 2.35. The molecular weight excluding hydrogens is 301 g/mol. The van der Waals surface area contributed by atoms with Crippen LogP contribution in [0.2, 0.25) is 0 Å². The highest BCUT2D eigenvalue weighted by atomic mass is 19.4. The van der Waals surface area contributed by atoms with Crippen LogP contribution in [-0.4, -0.2) is 19.6 Å². The third-order valence-electron chi connectivity index (χ3n) is 4.89. The first-order valence-electron chi connectivity index (χ1n) is 7.79. The van der Waals surface area contributed by atoms with E-state index in [1.54, 1.807) is 18.2 Å². The Morgan fingerprint density at radius 3 is 2.61 bits per heavy atom. The molecule has 4 rings (SSSR count). The summed E-state index contributed by atoms with van der Waals surface area (Å²) in [4.78, 5) is 0. The Balaban J connectivity index is 1.82. The van der Waals surface area contributed by atoms with Gasteiger partial charge >= 0.3 is 6.18 Å². The van der Waals surface area contributed by atoms with Crippen LogP contribution in [0.1, 0.15) is 17.0 Å². The fourth-order valence-electron chi connectivity index (χ4n) is 3.73. The summed E-state index contributed by atoms with van der Waals surface area (Å²) in [5.41, 5.74) is 2.47. The molecule has 1 fully saturated rings. The first kappa shape index (κ1) is 14.6. The summed E-state index contributed by atoms with van der Waals surface area (Å²) >= 11 is 0. The molecule has 0 aliphatic carbocycles. The van der Waals surface area contributed by atoms with Crippen LogP contribution in [0.25, 0.3) is 11.1 Å². The number of hydrogen-bond donors (Lipinski definition) is 2. The average Bonchev–Trinajstić information content (AvgIpc) is 3.02. The van der Waals surface area contributed by atoms with Crippen molar-refractivity contribution in [3.63, 3.8) is 0 Å². The molecule has 0 radical (unpaired) electrons. The number of anilines is 1.